The Morgan fingerprint density at radius 2 is 2.29 bits per heavy atom. The van der Waals surface area contributed by atoms with E-state index in [-0.39, 0.29) is 11.9 Å². The Kier molecular flexibility index (Phi) is 4.08. The van der Waals surface area contributed by atoms with Gasteiger partial charge in [-0.3, -0.25) is 9.69 Å². The molecule has 1 aromatic carbocycles. The highest BCUT2D eigenvalue weighted by molar-refractivity contribution is 6.30. The number of nitrogens with one attached hydrogen (secondary N) is 1. The van der Waals surface area contributed by atoms with Crippen LogP contribution in [0.4, 0.5) is 0 Å². The van der Waals surface area contributed by atoms with Gasteiger partial charge in [-0.1, -0.05) is 29.8 Å². The largest absolute Gasteiger partial charge is 0.352 e. The lowest BCUT2D eigenvalue weighted by Crippen LogP contribution is -2.35. The van der Waals surface area contributed by atoms with Crippen molar-refractivity contribution in [2.75, 3.05) is 13.1 Å². The molecule has 110 valence electrons. The van der Waals surface area contributed by atoms with Gasteiger partial charge in [-0.15, -0.1) is 0 Å². The minimum Gasteiger partial charge on any atom is -0.352 e. The van der Waals surface area contributed by atoms with Crippen LogP contribution >= 0.6 is 11.6 Å². The van der Waals surface area contributed by atoms with Crippen molar-refractivity contribution in [1.82, 2.24) is 15.2 Å². The Balaban J connectivity index is 1.73. The SMILES string of the molecule is CC(=O)NC1CCN(Cc2cc3ccccc3nc2Cl)C1. The summed E-state index contributed by atoms with van der Waals surface area (Å²) >= 11 is 6.29. The maximum absolute atomic E-state index is 11.1. The first-order chi connectivity index (χ1) is 10.1. The molecule has 1 atom stereocenters. The number of halogens is 1. The maximum atomic E-state index is 11.1. The molecule has 0 spiro atoms. The van der Waals surface area contributed by atoms with Gasteiger partial charge in [0.15, 0.2) is 0 Å². The van der Waals surface area contributed by atoms with Crippen LogP contribution in [0.3, 0.4) is 0 Å². The highest BCUT2D eigenvalue weighted by atomic mass is 35.5. The zero-order valence-electron chi connectivity index (χ0n) is 12.0. The van der Waals surface area contributed by atoms with E-state index in [9.17, 15) is 4.79 Å². The van der Waals surface area contributed by atoms with Gasteiger partial charge in [-0.25, -0.2) is 4.98 Å². The van der Waals surface area contributed by atoms with E-state index in [1.807, 2.05) is 24.3 Å². The second-order valence-corrected chi connectivity index (χ2v) is 5.91. The van der Waals surface area contributed by atoms with Gasteiger partial charge in [-0.2, -0.15) is 0 Å². The number of amides is 1. The summed E-state index contributed by atoms with van der Waals surface area (Å²) in [6, 6.07) is 10.3. The average Bonchev–Trinajstić information content (AvgIpc) is 2.86. The number of aromatic nitrogens is 1. The molecular formula is C16H18ClN3O. The molecule has 2 heterocycles. The van der Waals surface area contributed by atoms with Gasteiger partial charge in [0.1, 0.15) is 5.15 Å². The monoisotopic (exact) mass is 303 g/mol. The number of fused-ring (bicyclic) bond motifs is 1. The number of benzene rings is 1. The third-order valence-corrected chi connectivity index (χ3v) is 4.15. The molecule has 0 bridgehead atoms. The summed E-state index contributed by atoms with van der Waals surface area (Å²) in [5, 5.41) is 4.64. The van der Waals surface area contributed by atoms with Gasteiger partial charge in [-0.05, 0) is 18.6 Å². The van der Waals surface area contributed by atoms with Crippen molar-refractivity contribution < 1.29 is 4.79 Å². The molecule has 1 unspecified atom stereocenters. The second-order valence-electron chi connectivity index (χ2n) is 5.55. The summed E-state index contributed by atoms with van der Waals surface area (Å²) in [5.74, 6) is 0.0345. The summed E-state index contributed by atoms with van der Waals surface area (Å²) in [5.41, 5.74) is 1.96. The minimum absolute atomic E-state index is 0.0345. The topological polar surface area (TPSA) is 45.2 Å². The first kappa shape index (κ1) is 14.3. The molecular weight excluding hydrogens is 286 g/mol. The smallest absolute Gasteiger partial charge is 0.217 e. The number of carbonyl (C=O) groups excluding carboxylic acids is 1. The molecule has 0 aliphatic carbocycles. The Morgan fingerprint density at radius 1 is 1.48 bits per heavy atom. The van der Waals surface area contributed by atoms with E-state index in [0.29, 0.717) is 5.15 Å². The number of pyridine rings is 1. The van der Waals surface area contributed by atoms with Crippen LogP contribution in [0, 0.1) is 0 Å². The standard InChI is InChI=1S/C16H18ClN3O/c1-11(21)18-14-6-7-20(10-14)9-13-8-12-4-2-3-5-15(12)19-16(13)17/h2-5,8,14H,6-7,9-10H2,1H3,(H,18,21). The minimum atomic E-state index is 0.0345. The summed E-state index contributed by atoms with van der Waals surface area (Å²) in [6.45, 7) is 4.16. The van der Waals surface area contributed by atoms with Crippen molar-refractivity contribution in [3.8, 4) is 0 Å². The molecule has 1 fully saturated rings. The maximum Gasteiger partial charge on any atom is 0.217 e. The molecule has 0 radical (unpaired) electrons. The molecule has 4 nitrogen and oxygen atoms in total. The van der Waals surface area contributed by atoms with Crippen molar-refractivity contribution >= 4 is 28.4 Å². The first-order valence-electron chi connectivity index (χ1n) is 7.15. The van der Waals surface area contributed by atoms with Crippen LogP contribution in [0.25, 0.3) is 10.9 Å². The molecule has 1 aliphatic heterocycles. The Hall–Kier alpha value is -1.65. The molecule has 1 aliphatic rings. The normalized spacial score (nSPS) is 19.0. The van der Waals surface area contributed by atoms with Crippen molar-refractivity contribution in [2.24, 2.45) is 0 Å². The summed E-state index contributed by atoms with van der Waals surface area (Å²) < 4.78 is 0. The predicted molar refractivity (Wildman–Crippen MR) is 84.3 cm³/mol. The van der Waals surface area contributed by atoms with Gasteiger partial charge in [0.25, 0.3) is 0 Å². The van der Waals surface area contributed by atoms with E-state index >= 15 is 0 Å². The van der Waals surface area contributed by atoms with Crippen molar-refractivity contribution in [3.63, 3.8) is 0 Å². The van der Waals surface area contributed by atoms with E-state index in [4.69, 9.17) is 11.6 Å². The summed E-state index contributed by atoms with van der Waals surface area (Å²) in [6.07, 6.45) is 0.984. The number of nitrogens with zero attached hydrogens (tertiary/aromatic N) is 2. The quantitative estimate of drug-likeness (QED) is 0.887. The average molecular weight is 304 g/mol. The van der Waals surface area contributed by atoms with E-state index in [2.05, 4.69) is 21.3 Å². The fourth-order valence-electron chi connectivity index (χ4n) is 2.87. The number of para-hydroxylation sites is 1. The molecule has 1 N–H and O–H groups in total. The Bertz CT molecular complexity index is 674. The van der Waals surface area contributed by atoms with E-state index in [1.165, 1.54) is 0 Å². The first-order valence-corrected chi connectivity index (χ1v) is 7.53. The number of hydrogen-bond donors (Lipinski definition) is 1. The Labute approximate surface area is 129 Å². The molecule has 3 rings (SSSR count). The van der Waals surface area contributed by atoms with Crippen molar-refractivity contribution in [3.05, 3.63) is 41.0 Å². The molecule has 1 saturated heterocycles. The van der Waals surface area contributed by atoms with Crippen LogP contribution in [0.1, 0.15) is 18.9 Å². The van der Waals surface area contributed by atoms with Crippen LogP contribution in [-0.2, 0) is 11.3 Å². The third-order valence-electron chi connectivity index (χ3n) is 3.82. The lowest BCUT2D eigenvalue weighted by atomic mass is 10.1. The molecule has 2 aromatic rings. The van der Waals surface area contributed by atoms with Gasteiger partial charge >= 0.3 is 0 Å². The summed E-state index contributed by atoms with van der Waals surface area (Å²) in [7, 11) is 0. The van der Waals surface area contributed by atoms with Crippen LogP contribution < -0.4 is 5.32 Å². The van der Waals surface area contributed by atoms with Gasteiger partial charge in [0.2, 0.25) is 5.91 Å². The van der Waals surface area contributed by atoms with Crippen molar-refractivity contribution in [2.45, 2.75) is 25.9 Å². The molecule has 5 heteroatoms. The number of hydrogen-bond acceptors (Lipinski definition) is 3. The molecule has 1 aromatic heterocycles. The van der Waals surface area contributed by atoms with Gasteiger partial charge in [0.05, 0.1) is 5.52 Å². The van der Waals surface area contributed by atoms with E-state index < -0.39 is 0 Å². The summed E-state index contributed by atoms with van der Waals surface area (Å²) in [4.78, 5) is 17.9. The van der Waals surface area contributed by atoms with Crippen molar-refractivity contribution in [1.29, 1.82) is 0 Å². The molecule has 21 heavy (non-hydrogen) atoms. The zero-order chi connectivity index (χ0) is 14.8. The number of likely N-dealkylation sites (tertiary alicyclic amines) is 1. The lowest BCUT2D eigenvalue weighted by molar-refractivity contribution is -0.119. The highest BCUT2D eigenvalue weighted by Gasteiger charge is 2.23. The lowest BCUT2D eigenvalue weighted by Gasteiger charge is -2.17. The number of rotatable bonds is 3. The van der Waals surface area contributed by atoms with E-state index in [0.717, 1.165) is 42.5 Å². The van der Waals surface area contributed by atoms with Crippen LogP contribution in [0.5, 0.6) is 0 Å². The van der Waals surface area contributed by atoms with Gasteiger partial charge < -0.3 is 5.32 Å². The zero-order valence-corrected chi connectivity index (χ0v) is 12.7. The fraction of sp³-hybridized carbons (Fsp3) is 0.375. The predicted octanol–water partition coefficient (Wildman–Crippen LogP) is 2.60. The van der Waals surface area contributed by atoms with Crippen LogP contribution in [0.2, 0.25) is 5.15 Å². The fourth-order valence-corrected chi connectivity index (χ4v) is 3.07. The Morgan fingerprint density at radius 3 is 3.10 bits per heavy atom. The van der Waals surface area contributed by atoms with E-state index in [1.54, 1.807) is 6.92 Å². The van der Waals surface area contributed by atoms with Crippen LogP contribution in [-0.4, -0.2) is 34.9 Å². The number of carbonyl (C=O) groups is 1. The second kappa shape index (κ2) is 6.00. The third kappa shape index (κ3) is 3.34. The molecule has 1 amide bonds. The highest BCUT2D eigenvalue weighted by Crippen LogP contribution is 2.23. The van der Waals surface area contributed by atoms with Crippen LogP contribution in [0.15, 0.2) is 30.3 Å². The van der Waals surface area contributed by atoms with Gasteiger partial charge in [0, 0.05) is 43.5 Å². The molecule has 0 saturated carbocycles.